The number of carbonyl (C=O) groups is 2. The lowest BCUT2D eigenvalue weighted by atomic mass is 10.0. The van der Waals surface area contributed by atoms with E-state index in [-0.39, 0.29) is 18.2 Å². The minimum atomic E-state index is -0.550. The summed E-state index contributed by atoms with van der Waals surface area (Å²) in [7, 11) is 0. The summed E-state index contributed by atoms with van der Waals surface area (Å²) in [5.41, 5.74) is 2.56. The van der Waals surface area contributed by atoms with Gasteiger partial charge in [0, 0.05) is 6.42 Å². The number of para-hydroxylation sites is 1. The van der Waals surface area contributed by atoms with Crippen LogP contribution in [0.5, 0.6) is 0 Å². The second-order valence-electron chi connectivity index (χ2n) is 6.83. The van der Waals surface area contributed by atoms with Gasteiger partial charge in [-0.1, -0.05) is 55.9 Å². The number of amides is 2. The third-order valence-corrected chi connectivity index (χ3v) is 5.73. The number of benzene rings is 2. The highest BCUT2D eigenvalue weighted by Crippen LogP contribution is 2.34. The van der Waals surface area contributed by atoms with Gasteiger partial charge in [-0.3, -0.25) is 9.59 Å². The molecule has 1 atom stereocenters. The van der Waals surface area contributed by atoms with E-state index in [0.717, 1.165) is 11.3 Å². The fourth-order valence-corrected chi connectivity index (χ4v) is 4.10. The van der Waals surface area contributed by atoms with Crippen LogP contribution in [0.15, 0.2) is 59.8 Å². The minimum Gasteiger partial charge on any atom is -0.274 e. The highest BCUT2D eigenvalue weighted by molar-refractivity contribution is 8.00. The van der Waals surface area contributed by atoms with Crippen molar-refractivity contribution in [3.63, 3.8) is 0 Å². The van der Waals surface area contributed by atoms with Crippen LogP contribution in [0.25, 0.3) is 5.69 Å². The van der Waals surface area contributed by atoms with Crippen LogP contribution in [-0.2, 0) is 9.59 Å². The highest BCUT2D eigenvalue weighted by atomic mass is 32.2. The number of hydrogen-bond donors (Lipinski definition) is 0. The molecule has 142 valence electrons. The zero-order valence-electron chi connectivity index (χ0n) is 15.5. The van der Waals surface area contributed by atoms with Crippen molar-refractivity contribution in [2.24, 2.45) is 0 Å². The van der Waals surface area contributed by atoms with Gasteiger partial charge in [0.1, 0.15) is 5.25 Å². The first-order valence-electron chi connectivity index (χ1n) is 9.02. The molecule has 1 aliphatic heterocycles. The van der Waals surface area contributed by atoms with Gasteiger partial charge in [-0.25, -0.2) is 4.90 Å². The van der Waals surface area contributed by atoms with Crippen molar-refractivity contribution >= 4 is 29.3 Å². The number of tetrazole rings is 1. The number of imide groups is 1. The molecule has 1 saturated heterocycles. The topological polar surface area (TPSA) is 81.0 Å². The van der Waals surface area contributed by atoms with E-state index < -0.39 is 5.25 Å². The summed E-state index contributed by atoms with van der Waals surface area (Å²) >= 11 is 1.21. The number of carbonyl (C=O) groups excluding carboxylic acids is 2. The molecule has 0 saturated carbocycles. The van der Waals surface area contributed by atoms with E-state index in [0.29, 0.717) is 16.8 Å². The van der Waals surface area contributed by atoms with Gasteiger partial charge in [-0.15, -0.1) is 5.10 Å². The first kappa shape index (κ1) is 18.4. The van der Waals surface area contributed by atoms with Crippen LogP contribution in [0.2, 0.25) is 0 Å². The largest absolute Gasteiger partial charge is 0.274 e. The monoisotopic (exact) mass is 393 g/mol. The summed E-state index contributed by atoms with van der Waals surface area (Å²) in [6, 6.07) is 17.0. The molecule has 0 N–H and O–H groups in total. The Morgan fingerprint density at radius 3 is 2.39 bits per heavy atom. The summed E-state index contributed by atoms with van der Waals surface area (Å²) in [5, 5.41) is 11.7. The molecular formula is C20H19N5O2S. The number of thioether (sulfide) groups is 1. The quantitative estimate of drug-likeness (QED) is 0.619. The molecule has 1 aromatic heterocycles. The third kappa shape index (κ3) is 3.43. The van der Waals surface area contributed by atoms with Gasteiger partial charge in [0.15, 0.2) is 0 Å². The second kappa shape index (κ2) is 7.55. The molecule has 2 heterocycles. The number of rotatable bonds is 5. The Balaban J connectivity index is 1.55. The number of hydrogen-bond acceptors (Lipinski definition) is 6. The molecule has 4 rings (SSSR count). The average Bonchev–Trinajstić information content (AvgIpc) is 3.27. The van der Waals surface area contributed by atoms with Crippen LogP contribution in [0.4, 0.5) is 5.69 Å². The van der Waals surface area contributed by atoms with Crippen molar-refractivity contribution in [1.29, 1.82) is 0 Å². The molecule has 2 amide bonds. The normalized spacial score (nSPS) is 17.0. The molecule has 1 fully saturated rings. The van der Waals surface area contributed by atoms with E-state index >= 15 is 0 Å². The van der Waals surface area contributed by atoms with E-state index in [1.165, 1.54) is 16.7 Å². The number of aromatic nitrogens is 4. The van der Waals surface area contributed by atoms with Crippen molar-refractivity contribution < 1.29 is 9.59 Å². The second-order valence-corrected chi connectivity index (χ2v) is 8.00. The lowest BCUT2D eigenvalue weighted by molar-refractivity contribution is -0.121. The standard InChI is InChI=1S/C20H19N5O2S/c1-13(2)14-8-10-15(11-9-14)24-18(26)12-17(19(24)27)28-20-21-22-23-25(20)16-6-4-3-5-7-16/h3-11,13,17H,12H2,1-2H3/t17-/m1/s1. The molecule has 0 unspecified atom stereocenters. The fourth-order valence-electron chi connectivity index (χ4n) is 3.09. The summed E-state index contributed by atoms with van der Waals surface area (Å²) in [6.07, 6.45) is 0.122. The summed E-state index contributed by atoms with van der Waals surface area (Å²) in [6.45, 7) is 4.20. The first-order chi connectivity index (χ1) is 13.5. The Labute approximate surface area is 166 Å². The van der Waals surface area contributed by atoms with Crippen LogP contribution in [0, 0.1) is 0 Å². The molecule has 28 heavy (non-hydrogen) atoms. The van der Waals surface area contributed by atoms with Gasteiger partial charge in [-0.2, -0.15) is 4.68 Å². The SMILES string of the molecule is CC(C)c1ccc(N2C(=O)C[C@@H](Sc3nnnn3-c3ccccc3)C2=O)cc1. The van der Waals surface area contributed by atoms with Crippen LogP contribution < -0.4 is 4.90 Å². The Morgan fingerprint density at radius 2 is 1.71 bits per heavy atom. The molecule has 3 aromatic rings. The Kier molecular flexibility index (Phi) is 4.95. The lowest BCUT2D eigenvalue weighted by Gasteiger charge is -2.16. The van der Waals surface area contributed by atoms with Gasteiger partial charge in [0.25, 0.3) is 0 Å². The van der Waals surface area contributed by atoms with Crippen LogP contribution in [0.1, 0.15) is 31.7 Å². The molecule has 0 radical (unpaired) electrons. The maximum Gasteiger partial charge on any atom is 0.247 e. The third-order valence-electron chi connectivity index (χ3n) is 4.61. The molecular weight excluding hydrogens is 374 g/mol. The van der Waals surface area contributed by atoms with E-state index in [9.17, 15) is 9.59 Å². The predicted molar refractivity (Wildman–Crippen MR) is 106 cm³/mol. The van der Waals surface area contributed by atoms with E-state index in [1.54, 1.807) is 4.68 Å². The zero-order chi connectivity index (χ0) is 19.7. The van der Waals surface area contributed by atoms with Crippen LogP contribution in [0.3, 0.4) is 0 Å². The van der Waals surface area contributed by atoms with Gasteiger partial charge in [0.2, 0.25) is 17.0 Å². The van der Waals surface area contributed by atoms with Crippen molar-refractivity contribution in [2.45, 2.75) is 36.6 Å². The van der Waals surface area contributed by atoms with Crippen LogP contribution >= 0.6 is 11.8 Å². The molecule has 0 aliphatic carbocycles. The summed E-state index contributed by atoms with van der Waals surface area (Å²) in [4.78, 5) is 26.7. The van der Waals surface area contributed by atoms with Crippen LogP contribution in [-0.4, -0.2) is 37.3 Å². The van der Waals surface area contributed by atoms with Crippen molar-refractivity contribution in [3.05, 3.63) is 60.2 Å². The lowest BCUT2D eigenvalue weighted by Crippen LogP contribution is -2.31. The van der Waals surface area contributed by atoms with Gasteiger partial charge in [0.05, 0.1) is 11.4 Å². The molecule has 8 heteroatoms. The highest BCUT2D eigenvalue weighted by Gasteiger charge is 2.41. The smallest absolute Gasteiger partial charge is 0.247 e. The van der Waals surface area contributed by atoms with E-state index in [2.05, 4.69) is 29.4 Å². The number of anilines is 1. The predicted octanol–water partition coefficient (Wildman–Crippen LogP) is 3.21. The summed E-state index contributed by atoms with van der Waals surface area (Å²) < 4.78 is 1.57. The molecule has 2 aromatic carbocycles. The Bertz CT molecular complexity index is 1000. The maximum atomic E-state index is 12.9. The molecule has 7 nitrogen and oxygen atoms in total. The zero-order valence-corrected chi connectivity index (χ0v) is 16.3. The van der Waals surface area contributed by atoms with Crippen molar-refractivity contribution in [2.75, 3.05) is 4.90 Å². The molecule has 1 aliphatic rings. The molecule has 0 spiro atoms. The van der Waals surface area contributed by atoms with Gasteiger partial charge in [-0.05, 0) is 46.2 Å². The van der Waals surface area contributed by atoms with E-state index in [1.807, 2.05) is 54.6 Å². The average molecular weight is 393 g/mol. The van der Waals surface area contributed by atoms with E-state index in [4.69, 9.17) is 0 Å². The Hall–Kier alpha value is -3.00. The fraction of sp³-hybridized carbons (Fsp3) is 0.250. The summed E-state index contributed by atoms with van der Waals surface area (Å²) in [5.74, 6) is -0.0624. The molecule has 0 bridgehead atoms. The minimum absolute atomic E-state index is 0.122. The van der Waals surface area contributed by atoms with Crippen molar-refractivity contribution in [1.82, 2.24) is 20.2 Å². The van der Waals surface area contributed by atoms with Crippen molar-refractivity contribution in [3.8, 4) is 5.69 Å². The first-order valence-corrected chi connectivity index (χ1v) is 9.90. The van der Waals surface area contributed by atoms with Gasteiger partial charge < -0.3 is 0 Å². The Morgan fingerprint density at radius 1 is 1.00 bits per heavy atom. The number of nitrogens with zero attached hydrogens (tertiary/aromatic N) is 5. The van der Waals surface area contributed by atoms with Gasteiger partial charge >= 0.3 is 0 Å². The maximum absolute atomic E-state index is 12.9.